The molecule has 0 saturated heterocycles. The first kappa shape index (κ1) is 16.5. The predicted octanol–water partition coefficient (Wildman–Crippen LogP) is -3.15. The summed E-state index contributed by atoms with van der Waals surface area (Å²) in [5.74, 6) is 1.01. The predicted molar refractivity (Wildman–Crippen MR) is 108 cm³/mol. The van der Waals surface area contributed by atoms with Gasteiger partial charge in [0.2, 0.25) is 5.65 Å². The summed E-state index contributed by atoms with van der Waals surface area (Å²) in [5, 5.41) is 60.2. The van der Waals surface area contributed by atoms with Gasteiger partial charge < -0.3 is 0 Å². The Morgan fingerprint density at radius 2 is 1.15 bits per heavy atom. The minimum absolute atomic E-state index is 0.355. The van der Waals surface area contributed by atoms with Gasteiger partial charge in [0.1, 0.15) is 0 Å². The van der Waals surface area contributed by atoms with Crippen LogP contribution in [0, 0.1) is 0 Å². The van der Waals surface area contributed by atoms with E-state index in [1.165, 1.54) is 0 Å². The van der Waals surface area contributed by atoms with Crippen molar-refractivity contribution in [3.63, 3.8) is 0 Å². The van der Waals surface area contributed by atoms with Crippen LogP contribution in [-0.4, -0.2) is 73.1 Å². The second-order valence-corrected chi connectivity index (χ2v) is 8.45. The molecule has 162 valence electrons. The summed E-state index contributed by atoms with van der Waals surface area (Å²) >= 11 is 0. The highest BCUT2D eigenvalue weighted by Crippen LogP contribution is 2.63. The van der Waals surface area contributed by atoms with Crippen molar-refractivity contribution in [2.45, 2.75) is 23.7 Å². The Morgan fingerprint density at radius 1 is 0.559 bits per heavy atom. The Hall–Kier alpha value is -5.16. The molecule has 0 aromatic carbocycles. The van der Waals surface area contributed by atoms with Crippen LogP contribution in [0.4, 0.5) is 11.6 Å². The lowest BCUT2D eigenvalue weighted by Crippen LogP contribution is -2.56. The second-order valence-electron chi connectivity index (χ2n) is 8.45. The number of fused-ring (bicyclic) bond motifs is 5. The summed E-state index contributed by atoms with van der Waals surface area (Å²) in [7, 11) is 0. The molecule has 2 aliphatic heterocycles. The molecule has 4 aromatic heterocycles. The maximum absolute atomic E-state index is 4.69. The minimum atomic E-state index is -0.957. The van der Waals surface area contributed by atoms with Crippen LogP contribution in [0.1, 0.15) is 33.9 Å². The number of anilines is 2. The van der Waals surface area contributed by atoms with E-state index in [4.69, 9.17) is 0 Å². The van der Waals surface area contributed by atoms with E-state index in [1.54, 1.807) is 0 Å². The fraction of sp³-hybridized carbons (Fsp3) is 0.250. The lowest BCUT2D eigenvalue weighted by molar-refractivity contribution is 0.381. The number of nitrogens with one attached hydrogen (secondary N) is 4. The SMILES string of the molecule is C1c2nnnc3c2C(=NNN3)C12c1nnnc3c1C(=NNN3)C21Cc2nnnc3nnnc1c23. The average molecular weight is 452 g/mol. The third-order valence-electron chi connectivity index (χ3n) is 7.31. The van der Waals surface area contributed by atoms with Crippen molar-refractivity contribution < 1.29 is 0 Å². The van der Waals surface area contributed by atoms with Crippen molar-refractivity contribution in [3.05, 3.63) is 33.9 Å². The molecular weight excluding hydrogens is 444 g/mol. The van der Waals surface area contributed by atoms with E-state index in [-0.39, 0.29) is 0 Å². The summed E-state index contributed by atoms with van der Waals surface area (Å²) in [6.45, 7) is 0. The van der Waals surface area contributed by atoms with E-state index in [1.807, 2.05) is 0 Å². The molecule has 6 heterocycles. The molecule has 2 unspecified atom stereocenters. The van der Waals surface area contributed by atoms with Crippen LogP contribution in [0.15, 0.2) is 10.2 Å². The van der Waals surface area contributed by atoms with E-state index in [9.17, 15) is 0 Å². The summed E-state index contributed by atoms with van der Waals surface area (Å²) < 4.78 is 0. The van der Waals surface area contributed by atoms with Crippen LogP contribution >= 0.6 is 0 Å². The van der Waals surface area contributed by atoms with Gasteiger partial charge in [-0.1, -0.05) is 0 Å². The molecular formula is C16H8N18. The minimum Gasteiger partial charge on any atom is -0.266 e. The zero-order valence-corrected chi connectivity index (χ0v) is 16.7. The molecule has 0 amide bonds. The second kappa shape index (κ2) is 5.08. The normalized spacial score (nSPS) is 25.8. The lowest BCUT2D eigenvalue weighted by atomic mass is 9.59. The number of hydrazone groups is 2. The summed E-state index contributed by atoms with van der Waals surface area (Å²) in [6.07, 6.45) is 0.763. The fourth-order valence-corrected chi connectivity index (χ4v) is 6.17. The van der Waals surface area contributed by atoms with Gasteiger partial charge >= 0.3 is 0 Å². The zero-order valence-electron chi connectivity index (χ0n) is 16.7. The van der Waals surface area contributed by atoms with E-state index >= 15 is 0 Å². The van der Waals surface area contributed by atoms with Crippen LogP contribution in [0.3, 0.4) is 0 Å². The molecule has 0 saturated carbocycles. The van der Waals surface area contributed by atoms with Crippen molar-refractivity contribution in [1.82, 2.24) is 72.7 Å². The molecule has 0 radical (unpaired) electrons. The number of hydrogen-bond acceptors (Lipinski definition) is 18. The van der Waals surface area contributed by atoms with Crippen LogP contribution in [0.25, 0.3) is 11.0 Å². The maximum atomic E-state index is 4.69. The molecule has 34 heavy (non-hydrogen) atoms. The van der Waals surface area contributed by atoms with E-state index in [0.717, 1.165) is 5.56 Å². The summed E-state index contributed by atoms with van der Waals surface area (Å²) in [6, 6.07) is 0. The number of nitrogens with zero attached hydrogens (tertiary/aromatic N) is 14. The molecule has 4 aromatic rings. The van der Waals surface area contributed by atoms with Crippen LogP contribution in [-0.2, 0) is 23.7 Å². The van der Waals surface area contributed by atoms with Crippen LogP contribution in [0.2, 0.25) is 0 Å². The first-order valence-electron chi connectivity index (χ1n) is 10.2. The van der Waals surface area contributed by atoms with Crippen molar-refractivity contribution in [1.29, 1.82) is 0 Å². The van der Waals surface area contributed by atoms with Gasteiger partial charge in [-0.15, -0.1) is 40.8 Å². The number of aromatic nitrogens is 12. The monoisotopic (exact) mass is 452 g/mol. The van der Waals surface area contributed by atoms with Crippen LogP contribution in [0.5, 0.6) is 0 Å². The molecule has 2 spiro atoms. The van der Waals surface area contributed by atoms with Gasteiger partial charge in [-0.2, -0.15) is 10.2 Å². The maximum Gasteiger partial charge on any atom is 0.210 e. The van der Waals surface area contributed by atoms with Crippen molar-refractivity contribution in [2.75, 3.05) is 10.9 Å². The quantitative estimate of drug-likeness (QED) is 0.206. The summed E-state index contributed by atoms with van der Waals surface area (Å²) in [4.78, 5) is 0. The fourth-order valence-electron chi connectivity index (χ4n) is 6.17. The Morgan fingerprint density at radius 3 is 2.00 bits per heavy atom. The Balaban J connectivity index is 1.48. The van der Waals surface area contributed by atoms with Crippen LogP contribution < -0.4 is 21.9 Å². The van der Waals surface area contributed by atoms with Gasteiger partial charge in [0, 0.05) is 12.8 Å². The zero-order chi connectivity index (χ0) is 22.1. The van der Waals surface area contributed by atoms with Gasteiger partial charge in [0.25, 0.3) is 0 Å². The standard InChI is InChI=1S/C16H8N18/c1-3-5-8(19-31-25-12(5)23-29-17-3)15(1)10-7-11(22-34-28-14(7)27-33-21-10)16(15)2-4-6-9(16)20-32-26-13(6)24-30-18-4/h31,34H,1-2H2,(H,17,23,25)(H,21,27,28). The third kappa shape index (κ3) is 1.49. The highest BCUT2D eigenvalue weighted by Gasteiger charge is 2.73. The molecule has 5 aliphatic rings. The molecule has 2 atom stereocenters. The van der Waals surface area contributed by atoms with Gasteiger partial charge in [-0.3, -0.25) is 10.9 Å². The van der Waals surface area contributed by atoms with Gasteiger partial charge in [0.15, 0.2) is 11.6 Å². The Kier molecular flexibility index (Phi) is 2.46. The van der Waals surface area contributed by atoms with Gasteiger partial charge in [0.05, 0.1) is 61.5 Å². The molecule has 18 nitrogen and oxygen atoms in total. The number of hydrogen-bond donors (Lipinski definition) is 4. The molecule has 0 bridgehead atoms. The lowest BCUT2D eigenvalue weighted by Gasteiger charge is -2.40. The Bertz CT molecular complexity index is 1690. The van der Waals surface area contributed by atoms with E-state index < -0.39 is 10.8 Å². The Labute approximate surface area is 186 Å². The molecule has 3 aliphatic carbocycles. The van der Waals surface area contributed by atoms with Gasteiger partial charge in [-0.25, -0.2) is 11.1 Å². The topological polar surface area (TPSA) is 228 Å². The largest absolute Gasteiger partial charge is 0.266 e. The highest BCUT2D eigenvalue weighted by atomic mass is 15.6. The van der Waals surface area contributed by atoms with Crippen molar-refractivity contribution in [2.24, 2.45) is 10.2 Å². The van der Waals surface area contributed by atoms with E-state index in [2.05, 4.69) is 93.8 Å². The molecule has 9 rings (SSSR count). The first-order chi connectivity index (χ1) is 16.8. The number of rotatable bonds is 0. The third-order valence-corrected chi connectivity index (χ3v) is 7.31. The average Bonchev–Trinajstić information content (AvgIpc) is 3.48. The van der Waals surface area contributed by atoms with Crippen molar-refractivity contribution >= 4 is 34.1 Å². The smallest absolute Gasteiger partial charge is 0.210 e. The summed E-state index contributed by atoms with van der Waals surface area (Å²) in [5.41, 5.74) is 15.5. The van der Waals surface area contributed by atoms with E-state index in [0.29, 0.717) is 75.3 Å². The van der Waals surface area contributed by atoms with Gasteiger partial charge in [-0.05, 0) is 20.9 Å². The first-order valence-corrected chi connectivity index (χ1v) is 10.2. The molecule has 18 heteroatoms. The van der Waals surface area contributed by atoms with Crippen molar-refractivity contribution in [3.8, 4) is 0 Å². The number of hydrazine groups is 2. The highest BCUT2D eigenvalue weighted by molar-refractivity contribution is 6.28. The molecule has 0 fully saturated rings. The molecule has 4 N–H and O–H groups in total.